The summed E-state index contributed by atoms with van der Waals surface area (Å²) in [6.45, 7) is 2.03. The first-order valence-corrected chi connectivity index (χ1v) is 5.71. The average Bonchev–Trinajstić information content (AvgIpc) is 2.17. The van der Waals surface area contributed by atoms with Crippen LogP contribution >= 0.6 is 35.0 Å². The lowest BCUT2D eigenvalue weighted by atomic mass is 10.0. The van der Waals surface area contributed by atoms with E-state index in [0.29, 0.717) is 0 Å². The first-order chi connectivity index (χ1) is 6.70. The van der Waals surface area contributed by atoms with Crippen molar-refractivity contribution in [2.24, 2.45) is 5.73 Å². The molecule has 0 aliphatic heterocycles. The topological polar surface area (TPSA) is 26.0 Å². The van der Waals surface area contributed by atoms with Gasteiger partial charge < -0.3 is 5.73 Å². The van der Waals surface area contributed by atoms with Gasteiger partial charge >= 0.3 is 0 Å². The Labute approximate surface area is 110 Å². The molecule has 0 aliphatic carbocycles. The van der Waals surface area contributed by atoms with Gasteiger partial charge in [0.1, 0.15) is 0 Å². The van der Waals surface area contributed by atoms with E-state index in [9.17, 15) is 0 Å². The summed E-state index contributed by atoms with van der Waals surface area (Å²) in [6, 6.07) is 12.7. The van der Waals surface area contributed by atoms with Gasteiger partial charge in [-0.05, 0) is 51.9 Å². The zero-order valence-electron chi connectivity index (χ0n) is 8.41. The standard InChI is InChI=1S/C12H12IN.ClH/c1-8(14)12-10-5-3-2-4-9(10)6-7-11(12)13;/h2-8H,14H2,1H3;1H/t8-;/m1./s1. The summed E-state index contributed by atoms with van der Waals surface area (Å²) < 4.78 is 1.25. The van der Waals surface area contributed by atoms with Gasteiger partial charge in [-0.1, -0.05) is 30.3 Å². The Morgan fingerprint density at radius 2 is 1.80 bits per heavy atom. The number of hydrogen-bond acceptors (Lipinski definition) is 1. The Hall–Kier alpha value is -0.320. The molecule has 2 aromatic rings. The maximum Gasteiger partial charge on any atom is 0.0282 e. The predicted molar refractivity (Wildman–Crippen MR) is 76.5 cm³/mol. The summed E-state index contributed by atoms with van der Waals surface area (Å²) in [4.78, 5) is 0. The van der Waals surface area contributed by atoms with E-state index in [4.69, 9.17) is 5.73 Å². The molecule has 2 rings (SSSR count). The van der Waals surface area contributed by atoms with Crippen molar-refractivity contribution < 1.29 is 0 Å². The number of nitrogens with two attached hydrogens (primary N) is 1. The van der Waals surface area contributed by atoms with Crippen LogP contribution in [0.15, 0.2) is 36.4 Å². The fourth-order valence-electron chi connectivity index (χ4n) is 1.73. The molecular formula is C12H13ClIN. The van der Waals surface area contributed by atoms with E-state index >= 15 is 0 Å². The average molecular weight is 334 g/mol. The second-order valence-corrected chi connectivity index (χ2v) is 4.63. The smallest absolute Gasteiger partial charge is 0.0282 e. The van der Waals surface area contributed by atoms with Crippen LogP contribution in [0, 0.1) is 3.57 Å². The fraction of sp³-hybridized carbons (Fsp3) is 0.167. The number of rotatable bonds is 1. The van der Waals surface area contributed by atoms with E-state index in [1.165, 1.54) is 19.9 Å². The van der Waals surface area contributed by atoms with E-state index < -0.39 is 0 Å². The van der Waals surface area contributed by atoms with Crippen LogP contribution in [0.3, 0.4) is 0 Å². The lowest BCUT2D eigenvalue weighted by molar-refractivity contribution is 0.821. The van der Waals surface area contributed by atoms with Gasteiger partial charge in [0.15, 0.2) is 0 Å². The number of halogens is 2. The molecule has 0 amide bonds. The lowest BCUT2D eigenvalue weighted by Crippen LogP contribution is -2.07. The molecule has 0 bridgehead atoms. The maximum atomic E-state index is 5.98. The second-order valence-electron chi connectivity index (χ2n) is 3.47. The van der Waals surface area contributed by atoms with Crippen LogP contribution < -0.4 is 5.73 Å². The summed E-state index contributed by atoms with van der Waals surface area (Å²) in [5.41, 5.74) is 7.23. The quantitative estimate of drug-likeness (QED) is 0.787. The molecule has 2 N–H and O–H groups in total. The molecule has 0 heterocycles. The van der Waals surface area contributed by atoms with Gasteiger partial charge in [0.2, 0.25) is 0 Å². The normalized spacial score (nSPS) is 12.2. The van der Waals surface area contributed by atoms with Gasteiger partial charge in [-0.15, -0.1) is 12.4 Å². The van der Waals surface area contributed by atoms with Crippen molar-refractivity contribution in [2.45, 2.75) is 13.0 Å². The summed E-state index contributed by atoms with van der Waals surface area (Å²) >= 11 is 2.34. The molecule has 1 atom stereocenters. The van der Waals surface area contributed by atoms with E-state index in [0.717, 1.165) is 0 Å². The molecule has 80 valence electrons. The first kappa shape index (κ1) is 12.7. The van der Waals surface area contributed by atoms with Crippen LogP contribution in [0.5, 0.6) is 0 Å². The van der Waals surface area contributed by atoms with Crippen molar-refractivity contribution in [3.8, 4) is 0 Å². The summed E-state index contributed by atoms with van der Waals surface area (Å²) in [6.07, 6.45) is 0. The molecule has 0 fully saturated rings. The van der Waals surface area contributed by atoms with Crippen LogP contribution in [0.2, 0.25) is 0 Å². The van der Waals surface area contributed by atoms with Gasteiger partial charge in [-0.2, -0.15) is 0 Å². The Morgan fingerprint density at radius 3 is 2.47 bits per heavy atom. The Bertz CT molecular complexity index is 468. The van der Waals surface area contributed by atoms with E-state index in [2.05, 4.69) is 59.0 Å². The summed E-state index contributed by atoms with van der Waals surface area (Å²) in [7, 11) is 0. The minimum Gasteiger partial charge on any atom is -0.324 e. The third kappa shape index (κ3) is 2.44. The molecule has 3 heteroatoms. The molecule has 15 heavy (non-hydrogen) atoms. The van der Waals surface area contributed by atoms with E-state index in [-0.39, 0.29) is 18.4 Å². The van der Waals surface area contributed by atoms with Crippen molar-refractivity contribution in [3.63, 3.8) is 0 Å². The number of fused-ring (bicyclic) bond motifs is 1. The monoisotopic (exact) mass is 333 g/mol. The molecule has 0 radical (unpaired) electrons. The third-order valence-corrected chi connectivity index (χ3v) is 3.31. The Morgan fingerprint density at radius 1 is 1.13 bits per heavy atom. The van der Waals surface area contributed by atoms with Crippen LogP contribution in [-0.2, 0) is 0 Å². The lowest BCUT2D eigenvalue weighted by Gasteiger charge is -2.12. The van der Waals surface area contributed by atoms with Gasteiger partial charge in [0.25, 0.3) is 0 Å². The Kier molecular flexibility index (Phi) is 4.37. The molecule has 0 unspecified atom stereocenters. The SMILES string of the molecule is C[C@@H](N)c1c(I)ccc2ccccc12.Cl. The summed E-state index contributed by atoms with van der Waals surface area (Å²) in [5, 5.41) is 2.54. The fourth-order valence-corrected chi connectivity index (χ4v) is 2.69. The van der Waals surface area contributed by atoms with Crippen LogP contribution in [0.25, 0.3) is 10.8 Å². The number of hydrogen-bond donors (Lipinski definition) is 1. The van der Waals surface area contributed by atoms with E-state index in [1.54, 1.807) is 0 Å². The van der Waals surface area contributed by atoms with Crippen LogP contribution in [0.1, 0.15) is 18.5 Å². The molecule has 0 saturated carbocycles. The zero-order valence-corrected chi connectivity index (χ0v) is 11.4. The first-order valence-electron chi connectivity index (χ1n) is 4.63. The highest BCUT2D eigenvalue weighted by Gasteiger charge is 2.08. The highest BCUT2D eigenvalue weighted by atomic mass is 127. The van der Waals surface area contributed by atoms with E-state index in [1.807, 2.05) is 6.92 Å². The molecule has 0 saturated heterocycles. The highest BCUT2D eigenvalue weighted by molar-refractivity contribution is 14.1. The molecule has 1 nitrogen and oxygen atoms in total. The van der Waals surface area contributed by atoms with Gasteiger partial charge in [-0.3, -0.25) is 0 Å². The van der Waals surface area contributed by atoms with Gasteiger partial charge in [0.05, 0.1) is 0 Å². The Balaban J connectivity index is 0.00000112. The van der Waals surface area contributed by atoms with Gasteiger partial charge in [0, 0.05) is 9.61 Å². The maximum absolute atomic E-state index is 5.98. The minimum absolute atomic E-state index is 0. The second kappa shape index (κ2) is 5.14. The largest absolute Gasteiger partial charge is 0.324 e. The molecule has 2 aromatic carbocycles. The van der Waals surface area contributed by atoms with Crippen LogP contribution in [-0.4, -0.2) is 0 Å². The number of benzene rings is 2. The van der Waals surface area contributed by atoms with Gasteiger partial charge in [-0.25, -0.2) is 0 Å². The van der Waals surface area contributed by atoms with Crippen molar-refractivity contribution in [1.29, 1.82) is 0 Å². The molecule has 0 aliphatic rings. The minimum atomic E-state index is 0. The third-order valence-electron chi connectivity index (χ3n) is 2.37. The summed E-state index contributed by atoms with van der Waals surface area (Å²) in [5.74, 6) is 0. The van der Waals surface area contributed by atoms with Crippen molar-refractivity contribution >= 4 is 45.8 Å². The zero-order chi connectivity index (χ0) is 10.1. The molecule has 0 spiro atoms. The van der Waals surface area contributed by atoms with Crippen molar-refractivity contribution in [1.82, 2.24) is 0 Å². The van der Waals surface area contributed by atoms with Crippen molar-refractivity contribution in [2.75, 3.05) is 0 Å². The van der Waals surface area contributed by atoms with Crippen LogP contribution in [0.4, 0.5) is 0 Å². The highest BCUT2D eigenvalue weighted by Crippen LogP contribution is 2.27. The predicted octanol–water partition coefficient (Wildman–Crippen LogP) is 3.89. The molecular weight excluding hydrogens is 320 g/mol. The van der Waals surface area contributed by atoms with Crippen molar-refractivity contribution in [3.05, 3.63) is 45.5 Å². The molecule has 0 aromatic heterocycles.